The van der Waals surface area contributed by atoms with E-state index < -0.39 is 0 Å². The number of para-hydroxylation sites is 1. The number of anilines is 1. The van der Waals surface area contributed by atoms with Crippen molar-refractivity contribution in [3.63, 3.8) is 0 Å². The molecule has 0 atom stereocenters. The number of aryl methyl sites for hydroxylation is 1. The van der Waals surface area contributed by atoms with E-state index in [-0.39, 0.29) is 5.91 Å². The van der Waals surface area contributed by atoms with Crippen LogP contribution < -0.4 is 10.1 Å². The van der Waals surface area contributed by atoms with Crippen molar-refractivity contribution in [2.75, 3.05) is 11.9 Å². The van der Waals surface area contributed by atoms with Gasteiger partial charge in [-0.15, -0.1) is 0 Å². The van der Waals surface area contributed by atoms with Crippen molar-refractivity contribution in [1.29, 1.82) is 0 Å². The second-order valence-corrected chi connectivity index (χ2v) is 5.04. The maximum Gasteiger partial charge on any atom is 0.227 e. The largest absolute Gasteiger partial charge is 0.493 e. The number of pyridine rings is 1. The van der Waals surface area contributed by atoms with Crippen LogP contribution in [0.4, 0.5) is 5.69 Å². The number of rotatable bonds is 5. The summed E-state index contributed by atoms with van der Waals surface area (Å²) in [5.74, 6) is 0.676. The van der Waals surface area contributed by atoms with Gasteiger partial charge in [0.05, 0.1) is 24.4 Å². The number of halogens is 1. The Labute approximate surface area is 126 Å². The Morgan fingerprint density at radius 1 is 1.25 bits per heavy atom. The zero-order valence-corrected chi connectivity index (χ0v) is 12.7. The van der Waals surface area contributed by atoms with Crippen molar-refractivity contribution >= 4 is 27.5 Å². The number of aromatic nitrogens is 1. The molecular formula is C15H15BrN2O2. The lowest BCUT2D eigenvalue weighted by Gasteiger charge is -2.09. The number of ether oxygens (including phenoxy) is 1. The number of nitrogens with one attached hydrogen (secondary N) is 1. The summed E-state index contributed by atoms with van der Waals surface area (Å²) >= 11 is 3.29. The molecule has 0 aliphatic rings. The summed E-state index contributed by atoms with van der Waals surface area (Å²) < 4.78 is 6.23. The molecule has 0 aliphatic carbocycles. The molecule has 1 amide bonds. The Hall–Kier alpha value is -1.88. The Balaban J connectivity index is 1.81. The number of carbonyl (C=O) groups is 1. The standard InChI is InChI=1S/C15H15BrN2O2/c1-11-13(7-8-14(16)17-11)18-15(19)9-10-20-12-5-3-2-4-6-12/h2-8H,9-10H2,1H3,(H,18,19). The Bertz CT molecular complexity index is 588. The van der Waals surface area contributed by atoms with E-state index in [9.17, 15) is 4.79 Å². The van der Waals surface area contributed by atoms with Crippen molar-refractivity contribution < 1.29 is 9.53 Å². The smallest absolute Gasteiger partial charge is 0.227 e. The fraction of sp³-hybridized carbons (Fsp3) is 0.200. The molecule has 1 aromatic carbocycles. The van der Waals surface area contributed by atoms with Gasteiger partial charge in [0.15, 0.2) is 0 Å². The van der Waals surface area contributed by atoms with Crippen LogP contribution in [-0.2, 0) is 4.79 Å². The van der Waals surface area contributed by atoms with Crippen LogP contribution in [0.2, 0.25) is 0 Å². The molecule has 4 nitrogen and oxygen atoms in total. The summed E-state index contributed by atoms with van der Waals surface area (Å²) in [7, 11) is 0. The predicted octanol–water partition coefficient (Wildman–Crippen LogP) is 3.56. The highest BCUT2D eigenvalue weighted by Gasteiger charge is 2.06. The number of nitrogens with zero attached hydrogens (tertiary/aromatic N) is 1. The molecule has 0 aliphatic heterocycles. The molecule has 104 valence electrons. The van der Waals surface area contributed by atoms with E-state index >= 15 is 0 Å². The molecule has 0 saturated carbocycles. The molecule has 2 aromatic rings. The summed E-state index contributed by atoms with van der Waals surface area (Å²) in [5.41, 5.74) is 1.50. The summed E-state index contributed by atoms with van der Waals surface area (Å²) in [6, 6.07) is 13.0. The highest BCUT2D eigenvalue weighted by Crippen LogP contribution is 2.16. The fourth-order valence-corrected chi connectivity index (χ4v) is 2.05. The maximum atomic E-state index is 11.8. The number of hydrogen-bond acceptors (Lipinski definition) is 3. The molecule has 20 heavy (non-hydrogen) atoms. The van der Waals surface area contributed by atoms with Crippen LogP contribution in [0.1, 0.15) is 12.1 Å². The second-order valence-electron chi connectivity index (χ2n) is 4.23. The minimum absolute atomic E-state index is 0.0897. The van der Waals surface area contributed by atoms with Gasteiger partial charge in [0.2, 0.25) is 5.91 Å². The van der Waals surface area contributed by atoms with Crippen molar-refractivity contribution in [2.45, 2.75) is 13.3 Å². The van der Waals surface area contributed by atoms with Crippen molar-refractivity contribution in [3.05, 3.63) is 52.8 Å². The lowest BCUT2D eigenvalue weighted by atomic mass is 10.3. The van der Waals surface area contributed by atoms with Crippen LogP contribution in [-0.4, -0.2) is 17.5 Å². The Morgan fingerprint density at radius 2 is 2.00 bits per heavy atom. The molecule has 0 saturated heterocycles. The van der Waals surface area contributed by atoms with Gasteiger partial charge in [0.25, 0.3) is 0 Å². The quantitative estimate of drug-likeness (QED) is 0.850. The van der Waals surface area contributed by atoms with Crippen molar-refractivity contribution in [1.82, 2.24) is 4.98 Å². The minimum atomic E-state index is -0.0897. The molecule has 5 heteroatoms. The van der Waals surface area contributed by atoms with E-state index in [2.05, 4.69) is 26.2 Å². The molecule has 0 bridgehead atoms. The zero-order valence-electron chi connectivity index (χ0n) is 11.1. The normalized spacial score (nSPS) is 10.1. The molecular weight excluding hydrogens is 320 g/mol. The molecule has 0 fully saturated rings. The molecule has 0 spiro atoms. The summed E-state index contributed by atoms with van der Waals surface area (Å²) in [6.45, 7) is 2.19. The van der Waals surface area contributed by atoms with E-state index in [1.165, 1.54) is 0 Å². The third-order valence-electron chi connectivity index (χ3n) is 2.67. The number of carbonyl (C=O) groups excluding carboxylic acids is 1. The predicted molar refractivity (Wildman–Crippen MR) is 81.9 cm³/mol. The second kappa shape index (κ2) is 7.05. The van der Waals surface area contributed by atoms with Crippen molar-refractivity contribution in [2.24, 2.45) is 0 Å². The first kappa shape index (κ1) is 14.5. The molecule has 1 heterocycles. The van der Waals surface area contributed by atoms with Gasteiger partial charge in [0.1, 0.15) is 10.4 Å². The Kier molecular flexibility index (Phi) is 5.12. The topological polar surface area (TPSA) is 51.2 Å². The first-order valence-corrected chi connectivity index (χ1v) is 7.05. The van der Waals surface area contributed by atoms with Gasteiger partial charge in [-0.3, -0.25) is 4.79 Å². The van der Waals surface area contributed by atoms with Gasteiger partial charge >= 0.3 is 0 Å². The van der Waals surface area contributed by atoms with Crippen molar-refractivity contribution in [3.8, 4) is 5.75 Å². The monoisotopic (exact) mass is 334 g/mol. The van der Waals surface area contributed by atoms with Crippen LogP contribution in [0.5, 0.6) is 5.75 Å². The molecule has 1 N–H and O–H groups in total. The van der Waals surface area contributed by atoms with E-state index in [4.69, 9.17) is 4.74 Å². The maximum absolute atomic E-state index is 11.8. The molecule has 1 aromatic heterocycles. The first-order chi connectivity index (χ1) is 9.65. The van der Waals surface area contributed by atoms with E-state index in [1.807, 2.05) is 43.3 Å². The highest BCUT2D eigenvalue weighted by atomic mass is 79.9. The van der Waals surface area contributed by atoms with Crippen LogP contribution in [0, 0.1) is 6.92 Å². The third kappa shape index (κ3) is 4.35. The molecule has 0 unspecified atom stereocenters. The van der Waals surface area contributed by atoms with Crippen LogP contribution in [0.15, 0.2) is 47.1 Å². The van der Waals surface area contributed by atoms with Gasteiger partial charge in [-0.2, -0.15) is 0 Å². The first-order valence-electron chi connectivity index (χ1n) is 6.26. The molecule has 2 rings (SSSR count). The van der Waals surface area contributed by atoms with E-state index in [1.54, 1.807) is 6.07 Å². The highest BCUT2D eigenvalue weighted by molar-refractivity contribution is 9.10. The summed E-state index contributed by atoms with van der Waals surface area (Å²) in [5, 5.41) is 2.82. The van der Waals surface area contributed by atoms with E-state index in [0.29, 0.717) is 13.0 Å². The number of hydrogen-bond donors (Lipinski definition) is 1. The van der Waals surface area contributed by atoms with Gasteiger partial charge in [-0.1, -0.05) is 18.2 Å². The lowest BCUT2D eigenvalue weighted by molar-refractivity contribution is -0.116. The van der Waals surface area contributed by atoms with Gasteiger partial charge < -0.3 is 10.1 Å². The number of amides is 1. The van der Waals surface area contributed by atoms with Gasteiger partial charge in [-0.05, 0) is 47.1 Å². The Morgan fingerprint density at radius 3 is 2.70 bits per heavy atom. The van der Waals surface area contributed by atoms with Gasteiger partial charge in [0, 0.05) is 0 Å². The zero-order chi connectivity index (χ0) is 14.4. The minimum Gasteiger partial charge on any atom is -0.493 e. The third-order valence-corrected chi connectivity index (χ3v) is 3.11. The average molecular weight is 335 g/mol. The van der Waals surface area contributed by atoms with E-state index in [0.717, 1.165) is 21.7 Å². The van der Waals surface area contributed by atoms with Crippen LogP contribution >= 0.6 is 15.9 Å². The summed E-state index contributed by atoms with van der Waals surface area (Å²) in [6.07, 6.45) is 0.296. The SMILES string of the molecule is Cc1nc(Br)ccc1NC(=O)CCOc1ccccc1. The summed E-state index contributed by atoms with van der Waals surface area (Å²) in [4.78, 5) is 16.0. The van der Waals surface area contributed by atoms with Gasteiger partial charge in [-0.25, -0.2) is 4.98 Å². The van der Waals surface area contributed by atoms with Crippen LogP contribution in [0.25, 0.3) is 0 Å². The lowest BCUT2D eigenvalue weighted by Crippen LogP contribution is -2.16. The fourth-order valence-electron chi connectivity index (χ4n) is 1.65. The number of benzene rings is 1. The van der Waals surface area contributed by atoms with Crippen LogP contribution in [0.3, 0.4) is 0 Å². The molecule has 0 radical (unpaired) electrons. The average Bonchev–Trinajstić information content (AvgIpc) is 2.43.